The van der Waals surface area contributed by atoms with Crippen LogP contribution in [0.25, 0.3) is 21.9 Å². The van der Waals surface area contributed by atoms with Crippen LogP contribution in [0, 0.1) is 12.3 Å². The normalized spacial score (nSPS) is 10.1. The Kier molecular flexibility index (Phi) is 5.77. The third-order valence-corrected chi connectivity index (χ3v) is 4.04. The fourth-order valence-electron chi connectivity index (χ4n) is 2.77. The maximum atomic E-state index is 11.8. The summed E-state index contributed by atoms with van der Waals surface area (Å²) in [6, 6.07) is 7.12. The van der Waals surface area contributed by atoms with Gasteiger partial charge in [-0.3, -0.25) is 10.1 Å². The highest BCUT2D eigenvalue weighted by molar-refractivity contribution is 6.01. The molecule has 0 aliphatic heterocycles. The first kappa shape index (κ1) is 18.8. The molecule has 0 fully saturated rings. The lowest BCUT2D eigenvalue weighted by atomic mass is 9.97. The molecular weight excluding hydrogens is 356 g/mol. The van der Waals surface area contributed by atoms with Crippen molar-refractivity contribution in [3.8, 4) is 23.5 Å². The van der Waals surface area contributed by atoms with Gasteiger partial charge in [0.25, 0.3) is 5.91 Å². The highest BCUT2D eigenvalue weighted by Crippen LogP contribution is 2.31. The van der Waals surface area contributed by atoms with E-state index in [9.17, 15) is 9.59 Å². The van der Waals surface area contributed by atoms with E-state index in [0.29, 0.717) is 12.4 Å². The van der Waals surface area contributed by atoms with Crippen LogP contribution >= 0.6 is 0 Å². The number of hydrogen-bond acceptors (Lipinski definition) is 5. The second-order valence-electron chi connectivity index (χ2n) is 5.83. The number of benzene rings is 1. The Labute approximate surface area is 161 Å². The number of rotatable bonds is 5. The molecule has 3 rings (SSSR count). The van der Waals surface area contributed by atoms with Crippen LogP contribution in [0.4, 0.5) is 10.6 Å². The zero-order chi connectivity index (χ0) is 19.9. The molecule has 0 aliphatic carbocycles. The summed E-state index contributed by atoms with van der Waals surface area (Å²) < 4.78 is 0. The lowest BCUT2D eigenvalue weighted by Crippen LogP contribution is -2.28. The minimum absolute atomic E-state index is 0.263. The molecule has 0 aliphatic rings. The van der Waals surface area contributed by atoms with E-state index in [1.54, 1.807) is 24.7 Å². The lowest BCUT2D eigenvalue weighted by molar-refractivity contribution is -0.115. The fourth-order valence-corrected chi connectivity index (χ4v) is 2.77. The Bertz CT molecular complexity index is 1060. The van der Waals surface area contributed by atoms with Gasteiger partial charge in [-0.2, -0.15) is 10.2 Å². The Balaban J connectivity index is 2.07. The van der Waals surface area contributed by atoms with E-state index < -0.39 is 5.91 Å². The zero-order valence-electron chi connectivity index (χ0n) is 15.2. The summed E-state index contributed by atoms with van der Waals surface area (Å²) in [7, 11) is 0. The quantitative estimate of drug-likeness (QED) is 0.593. The Morgan fingerprint density at radius 3 is 2.68 bits per heavy atom. The Morgan fingerprint density at radius 2 is 1.96 bits per heavy atom. The zero-order valence-corrected chi connectivity index (χ0v) is 15.2. The van der Waals surface area contributed by atoms with E-state index in [1.807, 2.05) is 31.0 Å². The second kappa shape index (κ2) is 8.60. The molecule has 0 atom stereocenters. The van der Waals surface area contributed by atoms with Gasteiger partial charge in [-0.15, -0.1) is 6.42 Å². The first-order valence-electron chi connectivity index (χ1n) is 8.60. The number of hydrogen-bond donors (Lipinski definition) is 3. The molecule has 28 heavy (non-hydrogen) atoms. The van der Waals surface area contributed by atoms with Crippen LogP contribution in [0.2, 0.25) is 0 Å². The maximum Gasteiger partial charge on any atom is 0.320 e. The van der Waals surface area contributed by atoms with Gasteiger partial charge in [0, 0.05) is 30.2 Å². The summed E-state index contributed by atoms with van der Waals surface area (Å²) in [6.45, 7) is 2.60. The van der Waals surface area contributed by atoms with E-state index >= 15 is 0 Å². The van der Waals surface area contributed by atoms with Crippen molar-refractivity contribution >= 4 is 28.5 Å². The molecule has 8 nitrogen and oxygen atoms in total. The SMILES string of the molecule is C#CC(=O)NCc1ccc(-c2ccnnc2)c2cc(NC(=O)NCC)ncc12. The molecule has 1 aromatic carbocycles. The van der Waals surface area contributed by atoms with Crippen molar-refractivity contribution in [2.75, 3.05) is 11.9 Å². The third kappa shape index (κ3) is 4.22. The van der Waals surface area contributed by atoms with E-state index in [4.69, 9.17) is 6.42 Å². The molecule has 0 bridgehead atoms. The number of aromatic nitrogens is 3. The molecule has 0 saturated heterocycles. The van der Waals surface area contributed by atoms with Gasteiger partial charge in [0.2, 0.25) is 0 Å². The average Bonchev–Trinajstić information content (AvgIpc) is 2.72. The number of nitrogens with zero attached hydrogens (tertiary/aromatic N) is 3. The first-order valence-corrected chi connectivity index (χ1v) is 8.60. The van der Waals surface area contributed by atoms with E-state index in [2.05, 4.69) is 31.1 Å². The van der Waals surface area contributed by atoms with Crippen molar-refractivity contribution < 1.29 is 9.59 Å². The van der Waals surface area contributed by atoms with Crippen LogP contribution in [0.5, 0.6) is 0 Å². The molecule has 0 unspecified atom stereocenters. The van der Waals surface area contributed by atoms with Crippen molar-refractivity contribution in [2.45, 2.75) is 13.5 Å². The summed E-state index contributed by atoms with van der Waals surface area (Å²) in [5, 5.41) is 17.4. The molecule has 0 saturated carbocycles. The van der Waals surface area contributed by atoms with Gasteiger partial charge in [0.15, 0.2) is 0 Å². The Hall–Kier alpha value is -3.99. The van der Waals surface area contributed by atoms with Crippen LogP contribution < -0.4 is 16.0 Å². The number of pyridine rings is 1. The third-order valence-electron chi connectivity index (χ3n) is 4.04. The smallest absolute Gasteiger partial charge is 0.320 e. The minimum atomic E-state index is -0.488. The fraction of sp³-hybridized carbons (Fsp3) is 0.150. The van der Waals surface area contributed by atoms with Crippen LogP contribution in [-0.4, -0.2) is 33.7 Å². The van der Waals surface area contributed by atoms with Crippen LogP contribution in [0.1, 0.15) is 12.5 Å². The van der Waals surface area contributed by atoms with E-state index in [0.717, 1.165) is 27.5 Å². The average molecular weight is 374 g/mol. The summed E-state index contributed by atoms with van der Waals surface area (Å²) in [6.07, 6.45) is 10.0. The molecule has 0 radical (unpaired) electrons. The Morgan fingerprint density at radius 1 is 1.11 bits per heavy atom. The number of urea groups is 1. The minimum Gasteiger partial charge on any atom is -0.341 e. The number of carbonyl (C=O) groups is 2. The van der Waals surface area contributed by atoms with Gasteiger partial charge >= 0.3 is 6.03 Å². The number of fused-ring (bicyclic) bond motifs is 1. The monoisotopic (exact) mass is 374 g/mol. The predicted molar refractivity (Wildman–Crippen MR) is 106 cm³/mol. The number of anilines is 1. The number of terminal acetylenes is 1. The van der Waals surface area contributed by atoms with Crippen molar-refractivity contribution in [1.29, 1.82) is 0 Å². The topological polar surface area (TPSA) is 109 Å². The molecule has 2 heterocycles. The van der Waals surface area contributed by atoms with Gasteiger partial charge in [0.1, 0.15) is 5.82 Å². The molecule has 3 amide bonds. The number of nitrogens with one attached hydrogen (secondary N) is 3. The molecular formula is C20H18N6O2. The molecule has 3 N–H and O–H groups in total. The van der Waals surface area contributed by atoms with Crippen LogP contribution in [0.15, 0.2) is 42.9 Å². The van der Waals surface area contributed by atoms with Crippen molar-refractivity contribution in [3.63, 3.8) is 0 Å². The van der Waals surface area contributed by atoms with Gasteiger partial charge in [-0.25, -0.2) is 9.78 Å². The maximum absolute atomic E-state index is 11.8. The summed E-state index contributed by atoms with van der Waals surface area (Å²) >= 11 is 0. The molecule has 3 aromatic rings. The summed E-state index contributed by atoms with van der Waals surface area (Å²) in [4.78, 5) is 27.6. The first-order chi connectivity index (χ1) is 13.6. The highest BCUT2D eigenvalue weighted by Gasteiger charge is 2.12. The largest absolute Gasteiger partial charge is 0.341 e. The standard InChI is InChI=1S/C20H18N6O2/c1-3-19(27)23-10-13-5-6-15(14-7-8-24-25-11-14)16-9-18(22-12-17(13)16)26-20(28)21-4-2/h1,5-9,11-12H,4,10H2,2H3,(H,23,27)(H2,21,22,26,28). The van der Waals surface area contributed by atoms with Crippen molar-refractivity contribution in [2.24, 2.45) is 0 Å². The van der Waals surface area contributed by atoms with Crippen molar-refractivity contribution in [1.82, 2.24) is 25.8 Å². The number of amides is 3. The van der Waals surface area contributed by atoms with Crippen LogP contribution in [-0.2, 0) is 11.3 Å². The van der Waals surface area contributed by atoms with E-state index in [1.165, 1.54) is 0 Å². The van der Waals surface area contributed by atoms with Crippen LogP contribution in [0.3, 0.4) is 0 Å². The molecule has 2 aromatic heterocycles. The van der Waals surface area contributed by atoms with Gasteiger partial charge in [0.05, 0.1) is 12.4 Å². The van der Waals surface area contributed by atoms with Gasteiger partial charge in [-0.05, 0) is 41.5 Å². The second-order valence-corrected chi connectivity index (χ2v) is 5.83. The molecule has 8 heteroatoms. The lowest BCUT2D eigenvalue weighted by Gasteiger charge is -2.13. The highest BCUT2D eigenvalue weighted by atomic mass is 16.2. The summed E-state index contributed by atoms with van der Waals surface area (Å²) in [5.41, 5.74) is 2.62. The summed E-state index contributed by atoms with van der Waals surface area (Å²) in [5.74, 6) is 1.95. The van der Waals surface area contributed by atoms with Gasteiger partial charge in [-0.1, -0.05) is 12.1 Å². The van der Waals surface area contributed by atoms with E-state index in [-0.39, 0.29) is 12.6 Å². The molecule has 0 spiro atoms. The van der Waals surface area contributed by atoms with Gasteiger partial charge < -0.3 is 10.6 Å². The van der Waals surface area contributed by atoms with Crippen molar-refractivity contribution in [3.05, 3.63) is 48.4 Å². The molecule has 140 valence electrons. The number of carbonyl (C=O) groups excluding carboxylic acids is 2. The predicted octanol–water partition coefficient (Wildman–Crippen LogP) is 2.08.